The normalized spacial score (nSPS) is 11.4. The minimum Gasteiger partial charge on any atom is -0.258 e. The molecule has 0 bridgehead atoms. The highest BCUT2D eigenvalue weighted by atomic mass is 32.1. The van der Waals surface area contributed by atoms with Crippen molar-refractivity contribution in [3.63, 3.8) is 0 Å². The number of nitrogens with zero attached hydrogens (tertiary/aromatic N) is 4. The molecule has 0 saturated carbocycles. The Bertz CT molecular complexity index is 775. The van der Waals surface area contributed by atoms with E-state index in [0.29, 0.717) is 0 Å². The Morgan fingerprint density at radius 3 is 2.95 bits per heavy atom. The van der Waals surface area contributed by atoms with E-state index >= 15 is 0 Å². The van der Waals surface area contributed by atoms with Gasteiger partial charge in [-0.3, -0.25) is 10.1 Å². The summed E-state index contributed by atoms with van der Waals surface area (Å²) in [4.78, 5) is 15.1. The predicted octanol–water partition coefficient (Wildman–Crippen LogP) is 2.89. The molecule has 0 unspecified atom stereocenters. The van der Waals surface area contributed by atoms with Crippen molar-refractivity contribution in [2.75, 3.05) is 0 Å². The van der Waals surface area contributed by atoms with Gasteiger partial charge in [-0.05, 0) is 18.2 Å². The highest BCUT2D eigenvalue weighted by molar-refractivity contribution is 7.16. The number of benzene rings is 1. The van der Waals surface area contributed by atoms with Crippen LogP contribution in [0.4, 0.5) is 5.00 Å². The second-order valence-corrected chi connectivity index (χ2v) is 4.85. The van der Waals surface area contributed by atoms with Crippen molar-refractivity contribution in [2.45, 2.75) is 0 Å². The summed E-state index contributed by atoms with van der Waals surface area (Å²) in [5, 5.41) is 14.9. The first-order chi connectivity index (χ1) is 9.24. The van der Waals surface area contributed by atoms with Crippen LogP contribution < -0.4 is 0 Å². The molecule has 0 radical (unpaired) electrons. The largest absolute Gasteiger partial charge is 0.324 e. The van der Waals surface area contributed by atoms with Crippen molar-refractivity contribution in [1.29, 1.82) is 0 Å². The smallest absolute Gasteiger partial charge is 0.258 e. The minimum absolute atomic E-state index is 0.108. The van der Waals surface area contributed by atoms with Gasteiger partial charge < -0.3 is 0 Å². The van der Waals surface area contributed by atoms with Crippen LogP contribution in [0.25, 0.3) is 11.0 Å². The molecule has 94 valence electrons. The number of nitro groups is 1. The molecule has 0 amide bonds. The number of para-hydroxylation sites is 2. The van der Waals surface area contributed by atoms with Gasteiger partial charge in [0.2, 0.25) is 0 Å². The third kappa shape index (κ3) is 2.23. The average molecular weight is 272 g/mol. The Morgan fingerprint density at radius 2 is 2.16 bits per heavy atom. The van der Waals surface area contributed by atoms with Crippen LogP contribution in [0, 0.1) is 10.1 Å². The van der Waals surface area contributed by atoms with Crippen molar-refractivity contribution < 1.29 is 4.92 Å². The van der Waals surface area contributed by atoms with Crippen LogP contribution in [0.1, 0.15) is 4.88 Å². The number of fused-ring (bicyclic) bond motifs is 1. The van der Waals surface area contributed by atoms with Crippen molar-refractivity contribution >= 4 is 33.6 Å². The number of aromatic nitrogens is 2. The molecule has 3 rings (SSSR count). The fraction of sp³-hybridized carbons (Fsp3) is 0. The van der Waals surface area contributed by atoms with E-state index < -0.39 is 4.92 Å². The lowest BCUT2D eigenvalue weighted by molar-refractivity contribution is -0.380. The first kappa shape index (κ1) is 11.5. The molecule has 0 fully saturated rings. The highest BCUT2D eigenvalue weighted by Gasteiger charge is 2.08. The monoisotopic (exact) mass is 272 g/mol. The van der Waals surface area contributed by atoms with E-state index in [0.717, 1.165) is 27.2 Å². The molecule has 7 heteroatoms. The molecule has 0 aliphatic carbocycles. The first-order valence-electron chi connectivity index (χ1n) is 5.45. The van der Waals surface area contributed by atoms with Crippen molar-refractivity contribution in [2.24, 2.45) is 5.10 Å². The maximum atomic E-state index is 10.6. The lowest BCUT2D eigenvalue weighted by Gasteiger charge is -1.93. The summed E-state index contributed by atoms with van der Waals surface area (Å²) in [6, 6.07) is 10.8. The standard InChI is InChI=1S/C12H8N4O2S/c17-16(18)12-6-5-9(19-12)7-14-15-8-13-10-3-1-2-4-11(10)15/h1-8H. The highest BCUT2D eigenvalue weighted by Crippen LogP contribution is 2.22. The van der Waals surface area contributed by atoms with E-state index in [-0.39, 0.29) is 5.00 Å². The SMILES string of the molecule is O=[N+]([O-])c1ccc(C=Nn2cnc3ccccc32)s1. The zero-order valence-corrected chi connectivity index (χ0v) is 10.4. The molecule has 1 aromatic carbocycles. The van der Waals surface area contributed by atoms with Gasteiger partial charge in [-0.25, -0.2) is 9.66 Å². The Morgan fingerprint density at radius 1 is 1.32 bits per heavy atom. The summed E-state index contributed by atoms with van der Waals surface area (Å²) in [7, 11) is 0. The third-order valence-corrected chi connectivity index (χ3v) is 3.51. The van der Waals surface area contributed by atoms with Gasteiger partial charge in [0.1, 0.15) is 6.33 Å². The maximum Gasteiger partial charge on any atom is 0.324 e. The molecular weight excluding hydrogens is 264 g/mol. The molecule has 3 aromatic rings. The topological polar surface area (TPSA) is 73.3 Å². The quantitative estimate of drug-likeness (QED) is 0.418. The zero-order chi connectivity index (χ0) is 13.2. The van der Waals surface area contributed by atoms with Crippen molar-refractivity contribution in [3.05, 3.63) is 57.7 Å². The van der Waals surface area contributed by atoms with Gasteiger partial charge in [0, 0.05) is 6.07 Å². The van der Waals surface area contributed by atoms with Crippen LogP contribution in [-0.2, 0) is 0 Å². The summed E-state index contributed by atoms with van der Waals surface area (Å²) < 4.78 is 1.64. The van der Waals surface area contributed by atoms with Gasteiger partial charge in [0.25, 0.3) is 0 Å². The van der Waals surface area contributed by atoms with E-state index in [4.69, 9.17) is 0 Å². The summed E-state index contributed by atoms with van der Waals surface area (Å²) in [6.07, 6.45) is 3.20. The Balaban J connectivity index is 1.91. The second kappa shape index (κ2) is 4.62. The van der Waals surface area contributed by atoms with Gasteiger partial charge in [0.15, 0.2) is 0 Å². The molecule has 2 heterocycles. The van der Waals surface area contributed by atoms with E-state index in [1.54, 1.807) is 23.3 Å². The van der Waals surface area contributed by atoms with Gasteiger partial charge >= 0.3 is 5.00 Å². The molecule has 0 aliphatic heterocycles. The van der Waals surface area contributed by atoms with E-state index in [9.17, 15) is 10.1 Å². The molecular formula is C12H8N4O2S. The van der Waals surface area contributed by atoms with Crippen molar-refractivity contribution in [3.8, 4) is 0 Å². The summed E-state index contributed by atoms with van der Waals surface area (Å²) >= 11 is 1.09. The predicted molar refractivity (Wildman–Crippen MR) is 73.7 cm³/mol. The average Bonchev–Trinajstić information content (AvgIpc) is 3.03. The summed E-state index contributed by atoms with van der Waals surface area (Å²) in [5.41, 5.74) is 1.75. The molecule has 0 aliphatic rings. The number of hydrogen-bond donors (Lipinski definition) is 0. The fourth-order valence-corrected chi connectivity index (χ4v) is 2.36. The lowest BCUT2D eigenvalue weighted by Crippen LogP contribution is -1.86. The molecule has 6 nitrogen and oxygen atoms in total. The molecule has 0 atom stereocenters. The van der Waals surface area contributed by atoms with E-state index in [1.165, 1.54) is 6.07 Å². The van der Waals surface area contributed by atoms with Crippen LogP contribution in [0.3, 0.4) is 0 Å². The van der Waals surface area contributed by atoms with Crippen LogP contribution in [0.15, 0.2) is 47.8 Å². The van der Waals surface area contributed by atoms with E-state index in [2.05, 4.69) is 10.1 Å². The number of rotatable bonds is 3. The zero-order valence-electron chi connectivity index (χ0n) is 9.63. The molecule has 19 heavy (non-hydrogen) atoms. The second-order valence-electron chi connectivity index (χ2n) is 3.76. The minimum atomic E-state index is -0.408. The molecule has 0 saturated heterocycles. The van der Waals surface area contributed by atoms with Crippen LogP contribution in [0.5, 0.6) is 0 Å². The van der Waals surface area contributed by atoms with Crippen molar-refractivity contribution in [1.82, 2.24) is 9.66 Å². The van der Waals surface area contributed by atoms with Gasteiger partial charge in [-0.15, -0.1) is 0 Å². The van der Waals surface area contributed by atoms with Crippen LogP contribution in [-0.4, -0.2) is 20.8 Å². The number of thiophene rings is 1. The summed E-state index contributed by atoms with van der Waals surface area (Å²) in [5.74, 6) is 0. The van der Waals surface area contributed by atoms with Gasteiger partial charge in [-0.2, -0.15) is 5.10 Å². The Labute approximate surface area is 111 Å². The van der Waals surface area contributed by atoms with E-state index in [1.807, 2.05) is 24.3 Å². The van der Waals surface area contributed by atoms with Gasteiger partial charge in [-0.1, -0.05) is 23.5 Å². The Kier molecular flexibility index (Phi) is 2.81. The van der Waals surface area contributed by atoms with Crippen LogP contribution >= 0.6 is 11.3 Å². The molecule has 0 N–H and O–H groups in total. The molecule has 2 aromatic heterocycles. The molecule has 0 spiro atoms. The first-order valence-corrected chi connectivity index (χ1v) is 6.26. The lowest BCUT2D eigenvalue weighted by atomic mass is 10.3. The van der Waals surface area contributed by atoms with Crippen LogP contribution in [0.2, 0.25) is 0 Å². The van der Waals surface area contributed by atoms with Gasteiger partial charge in [0.05, 0.1) is 27.0 Å². The third-order valence-electron chi connectivity index (χ3n) is 2.54. The fourth-order valence-electron chi connectivity index (χ4n) is 1.67. The Hall–Kier alpha value is -2.54. The summed E-state index contributed by atoms with van der Waals surface area (Å²) in [6.45, 7) is 0. The maximum absolute atomic E-state index is 10.6. The number of imidazole rings is 1. The number of hydrogen-bond acceptors (Lipinski definition) is 5.